The van der Waals surface area contributed by atoms with Gasteiger partial charge in [-0.2, -0.15) is 0 Å². The third-order valence-electron chi connectivity index (χ3n) is 2.44. The lowest BCUT2D eigenvalue weighted by molar-refractivity contribution is -0.141. The molecule has 0 spiro atoms. The van der Waals surface area contributed by atoms with Crippen LogP contribution in [0.15, 0.2) is 12.3 Å². The minimum absolute atomic E-state index is 0.116. The lowest BCUT2D eigenvalue weighted by Crippen LogP contribution is -2.50. The number of fused-ring (bicyclic) bond motifs is 1. The maximum absolute atomic E-state index is 10.9. The van der Waals surface area contributed by atoms with E-state index in [2.05, 4.69) is 4.74 Å². The molecule has 1 unspecified atom stereocenters. The summed E-state index contributed by atoms with van der Waals surface area (Å²) < 4.78 is 4.66. The van der Waals surface area contributed by atoms with Crippen molar-refractivity contribution in [3.8, 4) is 0 Å². The monoisotopic (exact) mass is 182 g/mol. The number of nitrogens with zero attached hydrogens (tertiary/aromatic N) is 1. The third kappa shape index (κ3) is 1.26. The summed E-state index contributed by atoms with van der Waals surface area (Å²) in [5, 5.41) is 0. The average molecular weight is 182 g/mol. The fourth-order valence-electron chi connectivity index (χ4n) is 1.68. The summed E-state index contributed by atoms with van der Waals surface area (Å²) in [6.45, 7) is 0.264. The number of ether oxygens (including phenoxy) is 1. The van der Waals surface area contributed by atoms with Gasteiger partial charge in [-0.25, -0.2) is 4.79 Å². The zero-order valence-corrected chi connectivity index (χ0v) is 6.97. The highest BCUT2D eigenvalue weighted by molar-refractivity contribution is 5.85. The summed E-state index contributed by atoms with van der Waals surface area (Å²) in [6, 6.07) is 0.187. The number of primary amides is 1. The predicted octanol–water partition coefficient (Wildman–Crippen LogP) is -0.174. The van der Waals surface area contributed by atoms with E-state index in [-0.39, 0.29) is 24.5 Å². The minimum Gasteiger partial charge on any atom is -0.449 e. The second kappa shape index (κ2) is 2.76. The SMILES string of the molecule is NC(=O)OCC1C=CN2C(=O)C[C@@H]12. The van der Waals surface area contributed by atoms with Crippen molar-refractivity contribution in [3.63, 3.8) is 0 Å². The third-order valence-corrected chi connectivity index (χ3v) is 2.44. The van der Waals surface area contributed by atoms with Gasteiger partial charge in [-0.05, 0) is 0 Å². The van der Waals surface area contributed by atoms with E-state index in [0.717, 1.165) is 0 Å². The van der Waals surface area contributed by atoms with Crippen LogP contribution in [0.5, 0.6) is 0 Å². The van der Waals surface area contributed by atoms with Crippen LogP contribution in [-0.2, 0) is 9.53 Å². The Balaban J connectivity index is 1.87. The lowest BCUT2D eigenvalue weighted by atomic mass is 9.93. The molecule has 2 aliphatic heterocycles. The maximum atomic E-state index is 10.9. The second-order valence-corrected chi connectivity index (χ2v) is 3.21. The Morgan fingerprint density at radius 2 is 2.54 bits per heavy atom. The van der Waals surface area contributed by atoms with Gasteiger partial charge in [0.15, 0.2) is 0 Å². The Kier molecular flexibility index (Phi) is 1.72. The number of rotatable bonds is 2. The smallest absolute Gasteiger partial charge is 0.404 e. The molecule has 2 N–H and O–H groups in total. The Hall–Kier alpha value is -1.52. The van der Waals surface area contributed by atoms with E-state index in [4.69, 9.17) is 5.73 Å². The van der Waals surface area contributed by atoms with Gasteiger partial charge >= 0.3 is 6.09 Å². The maximum Gasteiger partial charge on any atom is 0.404 e. The molecular weight excluding hydrogens is 172 g/mol. The number of nitrogens with two attached hydrogens (primary N) is 1. The molecule has 2 atom stereocenters. The second-order valence-electron chi connectivity index (χ2n) is 3.21. The Morgan fingerprint density at radius 1 is 1.77 bits per heavy atom. The molecule has 0 bridgehead atoms. The van der Waals surface area contributed by atoms with Crippen LogP contribution in [0.1, 0.15) is 6.42 Å². The molecule has 0 aromatic heterocycles. The highest BCUT2D eigenvalue weighted by atomic mass is 16.5. The molecule has 1 saturated heterocycles. The molecule has 70 valence electrons. The molecule has 0 saturated carbocycles. The molecule has 2 heterocycles. The van der Waals surface area contributed by atoms with Crippen LogP contribution >= 0.6 is 0 Å². The highest BCUT2D eigenvalue weighted by Crippen LogP contribution is 2.32. The van der Waals surface area contributed by atoms with Crippen LogP contribution in [0.4, 0.5) is 4.79 Å². The summed E-state index contributed by atoms with van der Waals surface area (Å²) >= 11 is 0. The van der Waals surface area contributed by atoms with Gasteiger partial charge in [0.1, 0.15) is 6.61 Å². The lowest BCUT2D eigenvalue weighted by Gasteiger charge is -2.36. The Bertz CT molecular complexity index is 287. The largest absolute Gasteiger partial charge is 0.449 e. The fraction of sp³-hybridized carbons (Fsp3) is 0.500. The standard InChI is InChI=1S/C8H10N2O3/c9-8(12)13-4-5-1-2-10-6(5)3-7(10)11/h1-2,5-6H,3-4H2,(H2,9,12)/t5?,6-/m0/s1. The van der Waals surface area contributed by atoms with Crippen LogP contribution in [0.2, 0.25) is 0 Å². The van der Waals surface area contributed by atoms with Crippen molar-refractivity contribution in [2.45, 2.75) is 12.5 Å². The minimum atomic E-state index is -0.766. The first-order valence-electron chi connectivity index (χ1n) is 4.10. The quantitative estimate of drug-likeness (QED) is 0.602. The Morgan fingerprint density at radius 3 is 3.08 bits per heavy atom. The van der Waals surface area contributed by atoms with Crippen molar-refractivity contribution in [1.29, 1.82) is 0 Å². The number of carbonyl (C=O) groups is 2. The molecule has 5 nitrogen and oxygen atoms in total. The van der Waals surface area contributed by atoms with Crippen molar-refractivity contribution in [2.75, 3.05) is 6.61 Å². The topological polar surface area (TPSA) is 72.6 Å². The molecule has 0 aliphatic carbocycles. The fourth-order valence-corrected chi connectivity index (χ4v) is 1.68. The molecule has 0 aromatic rings. The van der Waals surface area contributed by atoms with Gasteiger partial charge in [-0.15, -0.1) is 0 Å². The number of β-lactam (4-membered cyclic amide) rings is 1. The molecule has 0 radical (unpaired) electrons. The first-order valence-corrected chi connectivity index (χ1v) is 4.10. The van der Waals surface area contributed by atoms with E-state index in [1.54, 1.807) is 11.1 Å². The van der Waals surface area contributed by atoms with E-state index < -0.39 is 6.09 Å². The number of carbonyl (C=O) groups excluding carboxylic acids is 2. The van der Waals surface area contributed by atoms with Gasteiger partial charge in [0.05, 0.1) is 6.04 Å². The van der Waals surface area contributed by atoms with Crippen molar-refractivity contribution in [3.05, 3.63) is 12.3 Å². The summed E-state index contributed by atoms with van der Waals surface area (Å²) in [4.78, 5) is 22.9. The van der Waals surface area contributed by atoms with E-state index in [1.165, 1.54) is 0 Å². The molecular formula is C8H10N2O3. The highest BCUT2D eigenvalue weighted by Gasteiger charge is 2.43. The van der Waals surface area contributed by atoms with Crippen molar-refractivity contribution in [1.82, 2.24) is 4.90 Å². The van der Waals surface area contributed by atoms with Crippen LogP contribution in [0, 0.1) is 5.92 Å². The van der Waals surface area contributed by atoms with E-state index in [0.29, 0.717) is 6.42 Å². The van der Waals surface area contributed by atoms with Gasteiger partial charge in [0.25, 0.3) is 0 Å². The number of hydrogen-bond donors (Lipinski definition) is 1. The van der Waals surface area contributed by atoms with E-state index in [1.807, 2.05) is 6.08 Å². The molecule has 2 aliphatic rings. The summed E-state index contributed by atoms with van der Waals surface area (Å²) in [7, 11) is 0. The number of hydrogen-bond acceptors (Lipinski definition) is 3. The zero-order valence-electron chi connectivity index (χ0n) is 6.97. The van der Waals surface area contributed by atoms with Gasteiger partial charge in [0.2, 0.25) is 5.91 Å². The molecule has 5 heteroatoms. The van der Waals surface area contributed by atoms with Gasteiger partial charge in [-0.1, -0.05) is 6.08 Å². The van der Waals surface area contributed by atoms with Crippen LogP contribution in [0.3, 0.4) is 0 Å². The van der Waals surface area contributed by atoms with Crippen LogP contribution in [-0.4, -0.2) is 29.5 Å². The van der Waals surface area contributed by atoms with Gasteiger partial charge in [-0.3, -0.25) is 4.79 Å². The molecule has 0 aromatic carbocycles. The van der Waals surface area contributed by atoms with E-state index >= 15 is 0 Å². The molecule has 2 rings (SSSR count). The normalized spacial score (nSPS) is 29.8. The van der Waals surface area contributed by atoms with Gasteiger partial charge in [0, 0.05) is 18.5 Å². The number of amides is 2. The van der Waals surface area contributed by atoms with Crippen LogP contribution < -0.4 is 5.73 Å². The zero-order chi connectivity index (χ0) is 9.42. The molecule has 1 fully saturated rings. The first kappa shape index (κ1) is 8.10. The molecule has 13 heavy (non-hydrogen) atoms. The Labute approximate surface area is 75.1 Å². The van der Waals surface area contributed by atoms with E-state index in [9.17, 15) is 9.59 Å². The summed E-state index contributed by atoms with van der Waals surface area (Å²) in [5.41, 5.74) is 4.83. The average Bonchev–Trinajstić information content (AvgIpc) is 2.38. The van der Waals surface area contributed by atoms with Gasteiger partial charge < -0.3 is 15.4 Å². The van der Waals surface area contributed by atoms with Crippen molar-refractivity contribution in [2.24, 2.45) is 11.7 Å². The molecule has 2 amide bonds. The van der Waals surface area contributed by atoms with Crippen molar-refractivity contribution < 1.29 is 14.3 Å². The van der Waals surface area contributed by atoms with Crippen LogP contribution in [0.25, 0.3) is 0 Å². The first-order chi connectivity index (χ1) is 6.18. The summed E-state index contributed by atoms with van der Waals surface area (Å²) in [6.07, 6.45) is 3.39. The summed E-state index contributed by atoms with van der Waals surface area (Å²) in [5.74, 6) is 0.244. The predicted molar refractivity (Wildman–Crippen MR) is 43.4 cm³/mol. The van der Waals surface area contributed by atoms with Crippen molar-refractivity contribution >= 4 is 12.0 Å².